The van der Waals surface area contributed by atoms with Crippen LogP contribution < -0.4 is 0 Å². The molecule has 0 aliphatic carbocycles. The molecule has 0 heterocycles. The molecule has 18 heavy (non-hydrogen) atoms. The molecule has 0 saturated heterocycles. The molecule has 0 amide bonds. The van der Waals surface area contributed by atoms with Gasteiger partial charge in [-0.25, -0.2) is 21.6 Å². The molecule has 0 N–H and O–H groups in total. The second kappa shape index (κ2) is 5.90. The highest BCUT2D eigenvalue weighted by atomic mass is 35.5. The Morgan fingerprint density at radius 2 is 2.00 bits per heavy atom. The van der Waals surface area contributed by atoms with Crippen LogP contribution in [0.5, 0.6) is 0 Å². The number of hydrogen-bond donors (Lipinski definition) is 0. The number of sulfonamides is 1. The minimum Gasteiger partial charge on any atom is -0.209 e. The van der Waals surface area contributed by atoms with Gasteiger partial charge in [-0.15, -0.1) is 11.6 Å². The third-order valence-electron chi connectivity index (χ3n) is 2.23. The van der Waals surface area contributed by atoms with Crippen LogP contribution in [-0.2, 0) is 15.9 Å². The fraction of sp³-hybridized carbons (Fsp3) is 0.400. The average molecular weight is 302 g/mol. The van der Waals surface area contributed by atoms with Gasteiger partial charge in [0.25, 0.3) is 6.43 Å². The molecular formula is C10H11ClF3NO2S. The zero-order valence-corrected chi connectivity index (χ0v) is 11.0. The van der Waals surface area contributed by atoms with Crippen LogP contribution in [0.3, 0.4) is 0 Å². The zero-order valence-electron chi connectivity index (χ0n) is 9.41. The number of halogens is 4. The smallest absolute Gasteiger partial charge is 0.209 e. The van der Waals surface area contributed by atoms with Crippen molar-refractivity contribution in [2.75, 3.05) is 13.6 Å². The van der Waals surface area contributed by atoms with E-state index in [0.29, 0.717) is 9.87 Å². The third kappa shape index (κ3) is 3.37. The van der Waals surface area contributed by atoms with Gasteiger partial charge < -0.3 is 0 Å². The van der Waals surface area contributed by atoms with E-state index in [1.54, 1.807) is 0 Å². The molecule has 0 aliphatic rings. The maximum Gasteiger partial charge on any atom is 0.252 e. The molecule has 1 aromatic carbocycles. The number of benzene rings is 1. The molecule has 1 aromatic rings. The standard InChI is InChI=1S/C10H11ClF3NO2S/c1-15(6-10(13)14)18(16,17)9-4-7(5-11)2-3-8(9)12/h2-4,10H,5-6H2,1H3. The Kier molecular flexibility index (Phi) is 5.01. The van der Waals surface area contributed by atoms with E-state index in [2.05, 4.69) is 0 Å². The highest BCUT2D eigenvalue weighted by Crippen LogP contribution is 2.21. The predicted molar refractivity (Wildman–Crippen MR) is 61.8 cm³/mol. The number of nitrogens with zero attached hydrogens (tertiary/aromatic N) is 1. The molecule has 0 radical (unpaired) electrons. The van der Waals surface area contributed by atoms with Crippen molar-refractivity contribution in [3.8, 4) is 0 Å². The van der Waals surface area contributed by atoms with Crippen molar-refractivity contribution in [1.29, 1.82) is 0 Å². The van der Waals surface area contributed by atoms with Crippen LogP contribution in [0.15, 0.2) is 23.1 Å². The van der Waals surface area contributed by atoms with E-state index in [4.69, 9.17) is 11.6 Å². The van der Waals surface area contributed by atoms with E-state index < -0.39 is 33.7 Å². The molecule has 3 nitrogen and oxygen atoms in total. The summed E-state index contributed by atoms with van der Waals surface area (Å²) in [5.74, 6) is -0.994. The van der Waals surface area contributed by atoms with Gasteiger partial charge in [-0.05, 0) is 17.7 Å². The highest BCUT2D eigenvalue weighted by Gasteiger charge is 2.26. The highest BCUT2D eigenvalue weighted by molar-refractivity contribution is 7.89. The Morgan fingerprint density at radius 3 is 2.50 bits per heavy atom. The lowest BCUT2D eigenvalue weighted by Gasteiger charge is -2.17. The molecule has 102 valence electrons. The predicted octanol–water partition coefficient (Wildman–Crippen LogP) is 2.45. The van der Waals surface area contributed by atoms with Crippen molar-refractivity contribution in [3.05, 3.63) is 29.6 Å². The van der Waals surface area contributed by atoms with Crippen molar-refractivity contribution in [1.82, 2.24) is 4.31 Å². The molecule has 0 unspecified atom stereocenters. The van der Waals surface area contributed by atoms with Gasteiger partial charge in [0.15, 0.2) is 0 Å². The van der Waals surface area contributed by atoms with Crippen LogP contribution in [0.4, 0.5) is 13.2 Å². The fourth-order valence-electron chi connectivity index (χ4n) is 1.29. The summed E-state index contributed by atoms with van der Waals surface area (Å²) >= 11 is 5.51. The quantitative estimate of drug-likeness (QED) is 0.784. The number of alkyl halides is 3. The first kappa shape index (κ1) is 15.3. The van der Waals surface area contributed by atoms with Crippen LogP contribution in [0.25, 0.3) is 0 Å². The number of hydrogen-bond acceptors (Lipinski definition) is 2. The largest absolute Gasteiger partial charge is 0.252 e. The van der Waals surface area contributed by atoms with Crippen molar-refractivity contribution in [3.63, 3.8) is 0 Å². The van der Waals surface area contributed by atoms with Crippen LogP contribution in [0.2, 0.25) is 0 Å². The van der Waals surface area contributed by atoms with Crippen LogP contribution in [0.1, 0.15) is 5.56 Å². The van der Waals surface area contributed by atoms with Crippen molar-refractivity contribution < 1.29 is 21.6 Å². The second-order valence-corrected chi connectivity index (χ2v) is 5.86. The summed E-state index contributed by atoms with van der Waals surface area (Å²) < 4.78 is 61.9. The Labute approximate surface area is 108 Å². The monoisotopic (exact) mass is 301 g/mol. The SMILES string of the molecule is CN(CC(F)F)S(=O)(=O)c1cc(CCl)ccc1F. The molecular weight excluding hydrogens is 291 g/mol. The van der Waals surface area contributed by atoms with Crippen LogP contribution in [-0.4, -0.2) is 32.7 Å². The Balaban J connectivity index is 3.19. The minimum absolute atomic E-state index is 0.00135. The van der Waals surface area contributed by atoms with E-state index in [1.807, 2.05) is 0 Å². The Bertz CT molecular complexity index is 522. The Hall–Kier alpha value is -0.790. The van der Waals surface area contributed by atoms with E-state index in [9.17, 15) is 21.6 Å². The van der Waals surface area contributed by atoms with Gasteiger partial charge in [0.2, 0.25) is 10.0 Å². The lowest BCUT2D eigenvalue weighted by atomic mass is 10.2. The first-order valence-electron chi connectivity index (χ1n) is 4.88. The molecule has 0 atom stereocenters. The summed E-state index contributed by atoms with van der Waals surface area (Å²) in [4.78, 5) is -0.649. The van der Waals surface area contributed by atoms with Crippen LogP contribution in [0, 0.1) is 5.82 Å². The van der Waals surface area contributed by atoms with E-state index in [0.717, 1.165) is 19.2 Å². The van der Waals surface area contributed by atoms with Crippen molar-refractivity contribution in [2.45, 2.75) is 17.2 Å². The van der Waals surface area contributed by atoms with Gasteiger partial charge in [0.05, 0.1) is 6.54 Å². The number of rotatable bonds is 5. The molecule has 0 saturated carbocycles. The van der Waals surface area contributed by atoms with Gasteiger partial charge in [-0.1, -0.05) is 6.07 Å². The molecule has 0 aromatic heterocycles. The molecule has 0 bridgehead atoms. The van der Waals surface area contributed by atoms with Crippen molar-refractivity contribution in [2.24, 2.45) is 0 Å². The average Bonchev–Trinajstić information content (AvgIpc) is 2.28. The van der Waals surface area contributed by atoms with Gasteiger partial charge in [0.1, 0.15) is 10.7 Å². The summed E-state index contributed by atoms with van der Waals surface area (Å²) in [6, 6.07) is 3.31. The van der Waals surface area contributed by atoms with E-state index in [1.165, 1.54) is 6.07 Å². The molecule has 0 aliphatic heterocycles. The lowest BCUT2D eigenvalue weighted by molar-refractivity contribution is 0.126. The van der Waals surface area contributed by atoms with Gasteiger partial charge >= 0.3 is 0 Å². The fourth-order valence-corrected chi connectivity index (χ4v) is 2.71. The van der Waals surface area contributed by atoms with Crippen LogP contribution >= 0.6 is 11.6 Å². The maximum atomic E-state index is 13.5. The molecule has 1 rings (SSSR count). The lowest BCUT2D eigenvalue weighted by Crippen LogP contribution is -2.32. The van der Waals surface area contributed by atoms with E-state index >= 15 is 0 Å². The second-order valence-electron chi connectivity index (χ2n) is 3.58. The molecule has 8 heteroatoms. The van der Waals surface area contributed by atoms with E-state index in [-0.39, 0.29) is 5.88 Å². The summed E-state index contributed by atoms with van der Waals surface area (Å²) in [6.45, 7) is -0.993. The molecule has 0 fully saturated rings. The van der Waals surface area contributed by atoms with Gasteiger partial charge in [0, 0.05) is 12.9 Å². The summed E-state index contributed by atoms with van der Waals surface area (Å²) in [5, 5.41) is 0. The summed E-state index contributed by atoms with van der Waals surface area (Å²) in [5.41, 5.74) is 0.391. The topological polar surface area (TPSA) is 37.4 Å². The van der Waals surface area contributed by atoms with Crippen molar-refractivity contribution >= 4 is 21.6 Å². The van der Waals surface area contributed by atoms with Gasteiger partial charge in [-0.3, -0.25) is 0 Å². The maximum absolute atomic E-state index is 13.5. The summed E-state index contributed by atoms with van der Waals surface area (Å²) in [6.07, 6.45) is -2.83. The molecule has 0 spiro atoms. The third-order valence-corrected chi connectivity index (χ3v) is 4.38. The zero-order chi connectivity index (χ0) is 13.9. The first-order valence-corrected chi connectivity index (χ1v) is 6.85. The van der Waals surface area contributed by atoms with Gasteiger partial charge in [-0.2, -0.15) is 4.31 Å². The normalized spacial score (nSPS) is 12.4. The minimum atomic E-state index is -4.28. The Morgan fingerprint density at radius 1 is 1.39 bits per heavy atom. The summed E-state index contributed by atoms with van der Waals surface area (Å²) in [7, 11) is -3.31. The first-order chi connectivity index (χ1) is 8.28.